The van der Waals surface area contributed by atoms with Gasteiger partial charge in [0.1, 0.15) is 5.78 Å². The average molecular weight is 382 g/mol. The Bertz CT molecular complexity index is 412. The lowest BCUT2D eigenvalue weighted by atomic mass is 9.82. The zero-order valence-electron chi connectivity index (χ0n) is 18.2. The molecule has 1 aliphatic rings. The number of carbonyl (C=O) groups excluding carboxylic acids is 2. The molecule has 0 aromatic heterocycles. The van der Waals surface area contributed by atoms with Crippen molar-refractivity contribution in [3.05, 3.63) is 0 Å². The second-order valence-corrected chi connectivity index (χ2v) is 9.08. The third-order valence-corrected chi connectivity index (χ3v) is 5.57. The number of Topliss-reactive ketones (excluding diaryl/α,β-unsaturated/α-hetero) is 1. The van der Waals surface area contributed by atoms with Gasteiger partial charge < -0.3 is 10.1 Å². The van der Waals surface area contributed by atoms with Crippen LogP contribution in [0.5, 0.6) is 0 Å². The van der Waals surface area contributed by atoms with E-state index in [0.717, 1.165) is 84.0 Å². The monoisotopic (exact) mass is 381 g/mol. The zero-order valence-corrected chi connectivity index (χ0v) is 18.2. The molecule has 1 rings (SSSR count). The highest BCUT2D eigenvalue weighted by Gasteiger charge is 2.26. The van der Waals surface area contributed by atoms with Gasteiger partial charge in [-0.05, 0) is 50.4 Å². The van der Waals surface area contributed by atoms with Crippen molar-refractivity contribution in [3.8, 4) is 0 Å². The topological polar surface area (TPSA) is 55.4 Å². The smallest absolute Gasteiger partial charge is 0.223 e. The largest absolute Gasteiger partial charge is 0.381 e. The van der Waals surface area contributed by atoms with Crippen LogP contribution < -0.4 is 5.32 Å². The molecule has 158 valence electrons. The highest BCUT2D eigenvalue weighted by molar-refractivity contribution is 5.80. The van der Waals surface area contributed by atoms with Crippen molar-refractivity contribution < 1.29 is 14.3 Å². The van der Waals surface area contributed by atoms with Crippen LogP contribution in [0.4, 0.5) is 0 Å². The molecule has 0 aromatic carbocycles. The molecule has 4 heteroatoms. The van der Waals surface area contributed by atoms with Gasteiger partial charge in [-0.15, -0.1) is 0 Å². The minimum atomic E-state index is 0.169. The van der Waals surface area contributed by atoms with Gasteiger partial charge in [0.15, 0.2) is 0 Å². The molecule has 0 radical (unpaired) electrons. The zero-order chi connectivity index (χ0) is 20.1. The Morgan fingerprint density at radius 3 is 2.19 bits per heavy atom. The van der Waals surface area contributed by atoms with Gasteiger partial charge in [0.2, 0.25) is 5.91 Å². The van der Waals surface area contributed by atoms with E-state index in [9.17, 15) is 9.59 Å². The average Bonchev–Trinajstić information content (AvgIpc) is 2.63. The first kappa shape index (κ1) is 24.1. The highest BCUT2D eigenvalue weighted by atomic mass is 16.5. The van der Waals surface area contributed by atoms with Crippen LogP contribution in [-0.4, -0.2) is 31.4 Å². The van der Waals surface area contributed by atoms with Crippen LogP contribution in [-0.2, 0) is 14.3 Å². The van der Waals surface area contributed by atoms with E-state index in [-0.39, 0.29) is 17.7 Å². The summed E-state index contributed by atoms with van der Waals surface area (Å²) in [5.41, 5.74) is 0. The number of carbonyl (C=O) groups is 2. The molecule has 1 amide bonds. The van der Waals surface area contributed by atoms with E-state index in [0.29, 0.717) is 17.6 Å². The minimum absolute atomic E-state index is 0.169. The van der Waals surface area contributed by atoms with Crippen LogP contribution in [0.3, 0.4) is 0 Å². The van der Waals surface area contributed by atoms with Gasteiger partial charge in [0.25, 0.3) is 0 Å². The molecule has 4 nitrogen and oxygen atoms in total. The van der Waals surface area contributed by atoms with Gasteiger partial charge in [-0.25, -0.2) is 0 Å². The molecule has 0 saturated heterocycles. The first-order valence-electron chi connectivity index (χ1n) is 11.3. The number of ketones is 1. The summed E-state index contributed by atoms with van der Waals surface area (Å²) in [6.07, 6.45) is 10.4. The van der Waals surface area contributed by atoms with Crippen molar-refractivity contribution in [1.82, 2.24) is 5.32 Å². The SMILES string of the molecule is CC(C)COCC1CCC(C(=O)NCCCCCCCC(=O)C(C)C)CC1. The summed E-state index contributed by atoms with van der Waals surface area (Å²) < 4.78 is 5.76. The summed E-state index contributed by atoms with van der Waals surface area (Å²) in [6, 6.07) is 0. The van der Waals surface area contributed by atoms with Gasteiger partial charge in [-0.3, -0.25) is 9.59 Å². The van der Waals surface area contributed by atoms with E-state index >= 15 is 0 Å². The number of rotatable bonds is 14. The number of amides is 1. The molecule has 0 unspecified atom stereocenters. The molecule has 0 spiro atoms. The molecule has 0 atom stereocenters. The number of hydrogen-bond donors (Lipinski definition) is 1. The molecular weight excluding hydrogens is 338 g/mol. The summed E-state index contributed by atoms with van der Waals surface area (Å²) in [4.78, 5) is 23.9. The van der Waals surface area contributed by atoms with Crippen molar-refractivity contribution in [1.29, 1.82) is 0 Å². The second-order valence-electron chi connectivity index (χ2n) is 9.08. The minimum Gasteiger partial charge on any atom is -0.381 e. The number of ether oxygens (including phenoxy) is 1. The van der Waals surface area contributed by atoms with E-state index in [4.69, 9.17) is 4.74 Å². The standard InChI is InChI=1S/C23H43NO3/c1-18(2)16-27-17-20-11-13-21(14-12-20)23(26)24-15-9-7-5-6-8-10-22(25)19(3)4/h18-21H,5-17H2,1-4H3,(H,24,26). The summed E-state index contributed by atoms with van der Waals surface area (Å²) in [7, 11) is 0. The number of unbranched alkanes of at least 4 members (excludes halogenated alkanes) is 4. The molecule has 0 bridgehead atoms. The third kappa shape index (κ3) is 11.5. The Hall–Kier alpha value is -0.900. The van der Waals surface area contributed by atoms with Crippen LogP contribution in [0, 0.1) is 23.7 Å². The number of nitrogens with one attached hydrogen (secondary N) is 1. The molecule has 1 fully saturated rings. The molecule has 1 saturated carbocycles. The normalized spacial score (nSPS) is 20.2. The van der Waals surface area contributed by atoms with Crippen molar-refractivity contribution >= 4 is 11.7 Å². The Morgan fingerprint density at radius 2 is 1.56 bits per heavy atom. The predicted molar refractivity (Wildman–Crippen MR) is 112 cm³/mol. The van der Waals surface area contributed by atoms with Crippen LogP contribution in [0.2, 0.25) is 0 Å². The predicted octanol–water partition coefficient (Wildman–Crippen LogP) is 5.15. The Morgan fingerprint density at radius 1 is 0.926 bits per heavy atom. The fraction of sp³-hybridized carbons (Fsp3) is 0.913. The van der Waals surface area contributed by atoms with Gasteiger partial charge in [0, 0.05) is 38.0 Å². The van der Waals surface area contributed by atoms with E-state index in [1.807, 2.05) is 13.8 Å². The number of hydrogen-bond acceptors (Lipinski definition) is 3. The van der Waals surface area contributed by atoms with Crippen LogP contribution in [0.25, 0.3) is 0 Å². The summed E-state index contributed by atoms with van der Waals surface area (Å²) in [5, 5.41) is 3.13. The fourth-order valence-electron chi connectivity index (χ4n) is 3.66. The van der Waals surface area contributed by atoms with Crippen LogP contribution >= 0.6 is 0 Å². The maximum atomic E-state index is 12.3. The molecule has 1 aliphatic carbocycles. The van der Waals surface area contributed by atoms with E-state index in [2.05, 4.69) is 19.2 Å². The first-order chi connectivity index (χ1) is 12.9. The van der Waals surface area contributed by atoms with Crippen molar-refractivity contribution in [2.75, 3.05) is 19.8 Å². The Labute approximate surface area is 167 Å². The van der Waals surface area contributed by atoms with Crippen LogP contribution in [0.1, 0.15) is 91.9 Å². The van der Waals surface area contributed by atoms with E-state index in [1.165, 1.54) is 0 Å². The molecule has 0 aliphatic heterocycles. The fourth-order valence-corrected chi connectivity index (χ4v) is 3.66. The lowest BCUT2D eigenvalue weighted by Gasteiger charge is -2.27. The van der Waals surface area contributed by atoms with Gasteiger partial charge in [-0.2, -0.15) is 0 Å². The van der Waals surface area contributed by atoms with E-state index < -0.39 is 0 Å². The van der Waals surface area contributed by atoms with Gasteiger partial charge in [-0.1, -0.05) is 47.0 Å². The first-order valence-corrected chi connectivity index (χ1v) is 11.3. The molecule has 0 heterocycles. The Kier molecular flexibility index (Phi) is 12.6. The Balaban J connectivity index is 1.98. The van der Waals surface area contributed by atoms with Gasteiger partial charge in [0.05, 0.1) is 0 Å². The van der Waals surface area contributed by atoms with Crippen molar-refractivity contribution in [2.45, 2.75) is 91.9 Å². The third-order valence-electron chi connectivity index (χ3n) is 5.57. The lowest BCUT2D eigenvalue weighted by Crippen LogP contribution is -2.34. The van der Waals surface area contributed by atoms with Gasteiger partial charge >= 0.3 is 0 Å². The summed E-state index contributed by atoms with van der Waals surface area (Å²) >= 11 is 0. The lowest BCUT2D eigenvalue weighted by molar-refractivity contribution is -0.126. The molecule has 27 heavy (non-hydrogen) atoms. The van der Waals surface area contributed by atoms with Crippen molar-refractivity contribution in [2.24, 2.45) is 23.7 Å². The van der Waals surface area contributed by atoms with Crippen molar-refractivity contribution in [3.63, 3.8) is 0 Å². The summed E-state index contributed by atoms with van der Waals surface area (Å²) in [6.45, 7) is 10.8. The maximum absolute atomic E-state index is 12.3. The molecule has 0 aromatic rings. The second kappa shape index (κ2) is 14.1. The molecule has 1 N–H and O–H groups in total. The highest BCUT2D eigenvalue weighted by Crippen LogP contribution is 2.29. The quantitative estimate of drug-likeness (QED) is 0.423. The van der Waals surface area contributed by atoms with Crippen LogP contribution in [0.15, 0.2) is 0 Å². The maximum Gasteiger partial charge on any atom is 0.223 e. The van der Waals surface area contributed by atoms with E-state index in [1.54, 1.807) is 0 Å². The molecular formula is C23H43NO3. The summed E-state index contributed by atoms with van der Waals surface area (Å²) in [5.74, 6) is 2.23.